The fraction of sp³-hybridized carbons (Fsp3) is 0.188. The molecular weight excluding hydrogens is 374 g/mol. The van der Waals surface area contributed by atoms with Crippen molar-refractivity contribution in [2.24, 2.45) is 0 Å². The molecule has 0 fully saturated rings. The van der Waals surface area contributed by atoms with Crippen LogP contribution in [0.5, 0.6) is 0 Å². The number of nitrogens with zero attached hydrogens (tertiary/aromatic N) is 1. The van der Waals surface area contributed by atoms with Crippen LogP contribution in [0.15, 0.2) is 36.4 Å². The molecule has 0 saturated carbocycles. The van der Waals surface area contributed by atoms with Crippen molar-refractivity contribution < 1.29 is 21.5 Å². The highest BCUT2D eigenvalue weighted by Crippen LogP contribution is 2.32. The van der Waals surface area contributed by atoms with Gasteiger partial charge in [0.1, 0.15) is 5.82 Å². The third-order valence-corrected chi connectivity index (χ3v) is 5.08. The summed E-state index contributed by atoms with van der Waals surface area (Å²) in [6.07, 6.45) is 1.12. The van der Waals surface area contributed by atoms with Gasteiger partial charge in [-0.25, -0.2) is 8.70 Å². The first kappa shape index (κ1) is 17.6. The van der Waals surface area contributed by atoms with Gasteiger partial charge in [-0.3, -0.25) is 4.79 Å². The van der Waals surface area contributed by atoms with Gasteiger partial charge in [-0.2, -0.15) is 8.42 Å². The largest absolute Gasteiger partial charge is 0.399 e. The van der Waals surface area contributed by atoms with Gasteiger partial charge in [-0.1, -0.05) is 21.6 Å². The summed E-state index contributed by atoms with van der Waals surface area (Å²) in [5, 5.41) is 2.50. The number of hydrogen-bond donors (Lipinski definition) is 1. The first-order chi connectivity index (χ1) is 11.8. The monoisotopic (exact) mass is 386 g/mol. The van der Waals surface area contributed by atoms with Crippen molar-refractivity contribution in [1.82, 2.24) is 0 Å². The van der Waals surface area contributed by atoms with Crippen LogP contribution in [0.4, 0.5) is 19.7 Å². The van der Waals surface area contributed by atoms with Gasteiger partial charge < -0.3 is 5.32 Å². The molecule has 2 aromatic rings. The standard InChI is InChI=1S/C16H13ClF2N2O3S/c17-14-8-11(18)4-6-13(14)16(22)20-12-5-3-10-2-1-7-21(15(10)9-12)25(19,23)24/h3-6,8-9H,1-2,7H2,(H,20,22). The zero-order chi connectivity index (χ0) is 18.2. The number of hydrogen-bond acceptors (Lipinski definition) is 3. The quantitative estimate of drug-likeness (QED) is 0.818. The summed E-state index contributed by atoms with van der Waals surface area (Å²) in [5.41, 5.74) is 1.21. The van der Waals surface area contributed by atoms with Crippen LogP contribution in [0.1, 0.15) is 22.3 Å². The number of carbonyl (C=O) groups excluding carboxylic acids is 1. The van der Waals surface area contributed by atoms with E-state index in [-0.39, 0.29) is 28.5 Å². The van der Waals surface area contributed by atoms with E-state index >= 15 is 0 Å². The second-order valence-electron chi connectivity index (χ2n) is 5.54. The lowest BCUT2D eigenvalue weighted by Gasteiger charge is -2.27. The minimum absolute atomic E-state index is 0.0347. The van der Waals surface area contributed by atoms with Crippen LogP contribution >= 0.6 is 11.6 Å². The van der Waals surface area contributed by atoms with Crippen molar-refractivity contribution in [3.8, 4) is 0 Å². The lowest BCUT2D eigenvalue weighted by molar-refractivity contribution is 0.102. The molecule has 1 aliphatic heterocycles. The Balaban J connectivity index is 1.90. The predicted molar refractivity (Wildman–Crippen MR) is 91.5 cm³/mol. The van der Waals surface area contributed by atoms with E-state index in [0.29, 0.717) is 22.7 Å². The van der Waals surface area contributed by atoms with Crippen molar-refractivity contribution in [2.45, 2.75) is 12.8 Å². The average Bonchev–Trinajstić information content (AvgIpc) is 2.53. The molecule has 0 atom stereocenters. The summed E-state index contributed by atoms with van der Waals surface area (Å²) in [5.74, 6) is -1.16. The van der Waals surface area contributed by atoms with E-state index in [1.54, 1.807) is 12.1 Å². The number of carbonyl (C=O) groups is 1. The predicted octanol–water partition coefficient (Wildman–Crippen LogP) is 3.70. The molecule has 0 bridgehead atoms. The van der Waals surface area contributed by atoms with E-state index in [4.69, 9.17) is 11.6 Å². The second-order valence-corrected chi connectivity index (χ2v) is 7.21. The zero-order valence-corrected chi connectivity index (χ0v) is 14.4. The zero-order valence-electron chi connectivity index (χ0n) is 12.8. The topological polar surface area (TPSA) is 66.5 Å². The van der Waals surface area contributed by atoms with Crippen molar-refractivity contribution in [3.05, 3.63) is 58.4 Å². The second kappa shape index (κ2) is 6.61. The molecule has 3 rings (SSSR count). The third kappa shape index (κ3) is 3.74. The molecule has 0 unspecified atom stereocenters. The average molecular weight is 387 g/mol. The van der Waals surface area contributed by atoms with Gasteiger partial charge in [0, 0.05) is 12.2 Å². The Hall–Kier alpha value is -2.19. The van der Waals surface area contributed by atoms with Crippen LogP contribution in [-0.4, -0.2) is 20.9 Å². The number of aryl methyl sites for hydroxylation is 1. The molecule has 132 valence electrons. The lowest BCUT2D eigenvalue weighted by atomic mass is 10.0. The first-order valence-electron chi connectivity index (χ1n) is 7.37. The number of halogens is 3. The molecule has 2 aromatic carbocycles. The van der Waals surface area contributed by atoms with Gasteiger partial charge in [-0.05, 0) is 48.7 Å². The Morgan fingerprint density at radius 3 is 2.64 bits per heavy atom. The number of rotatable bonds is 3. The van der Waals surface area contributed by atoms with Crippen LogP contribution in [0.3, 0.4) is 0 Å². The highest BCUT2D eigenvalue weighted by Gasteiger charge is 2.27. The van der Waals surface area contributed by atoms with Gasteiger partial charge in [0.15, 0.2) is 0 Å². The Morgan fingerprint density at radius 2 is 1.96 bits per heavy atom. The summed E-state index contributed by atoms with van der Waals surface area (Å²) in [6, 6.07) is 7.97. The van der Waals surface area contributed by atoms with Crippen LogP contribution in [0.25, 0.3) is 0 Å². The van der Waals surface area contributed by atoms with Crippen molar-refractivity contribution in [2.75, 3.05) is 16.2 Å². The molecule has 0 aliphatic carbocycles. The molecule has 1 heterocycles. The fourth-order valence-corrected chi connectivity index (χ4v) is 3.72. The molecule has 0 radical (unpaired) electrons. The minimum Gasteiger partial charge on any atom is -0.322 e. The highest BCUT2D eigenvalue weighted by atomic mass is 35.5. The maximum Gasteiger partial charge on any atom is 0.399 e. The number of anilines is 2. The lowest BCUT2D eigenvalue weighted by Crippen LogP contribution is -2.32. The maximum atomic E-state index is 13.5. The normalized spacial score (nSPS) is 14.1. The Labute approximate surface area is 148 Å². The van der Waals surface area contributed by atoms with Gasteiger partial charge in [0.05, 0.1) is 16.3 Å². The van der Waals surface area contributed by atoms with E-state index < -0.39 is 22.1 Å². The van der Waals surface area contributed by atoms with Crippen molar-refractivity contribution in [3.63, 3.8) is 0 Å². The maximum absolute atomic E-state index is 13.5. The molecule has 1 aliphatic rings. The summed E-state index contributed by atoms with van der Waals surface area (Å²) < 4.78 is 49.8. The molecule has 5 nitrogen and oxygen atoms in total. The van der Waals surface area contributed by atoms with E-state index in [9.17, 15) is 21.5 Å². The number of amides is 1. The van der Waals surface area contributed by atoms with Gasteiger partial charge >= 0.3 is 10.4 Å². The Kier molecular flexibility index (Phi) is 4.66. The number of benzene rings is 2. The molecule has 0 saturated heterocycles. The van der Waals surface area contributed by atoms with E-state index in [0.717, 1.165) is 12.1 Å². The van der Waals surface area contributed by atoms with Crippen LogP contribution in [0, 0.1) is 5.82 Å². The first-order valence-corrected chi connectivity index (χ1v) is 9.09. The summed E-state index contributed by atoms with van der Waals surface area (Å²) in [7, 11) is -4.89. The van der Waals surface area contributed by atoms with E-state index in [1.165, 1.54) is 12.1 Å². The molecule has 0 spiro atoms. The fourth-order valence-electron chi connectivity index (χ4n) is 2.72. The Bertz CT molecular complexity index is 950. The van der Waals surface area contributed by atoms with E-state index in [2.05, 4.69) is 5.32 Å². The van der Waals surface area contributed by atoms with Gasteiger partial charge in [0.2, 0.25) is 0 Å². The molecule has 1 amide bonds. The highest BCUT2D eigenvalue weighted by molar-refractivity contribution is 7.87. The summed E-state index contributed by atoms with van der Waals surface area (Å²) in [6.45, 7) is 0.0347. The summed E-state index contributed by atoms with van der Waals surface area (Å²) >= 11 is 5.85. The van der Waals surface area contributed by atoms with E-state index in [1.807, 2.05) is 0 Å². The minimum atomic E-state index is -4.89. The van der Waals surface area contributed by atoms with Gasteiger partial charge in [-0.15, -0.1) is 0 Å². The third-order valence-electron chi connectivity index (χ3n) is 3.86. The molecule has 25 heavy (non-hydrogen) atoms. The molecule has 0 aromatic heterocycles. The SMILES string of the molecule is O=C(Nc1ccc2c(c1)N(S(=O)(=O)F)CCC2)c1ccc(F)cc1Cl. The van der Waals surface area contributed by atoms with Crippen LogP contribution < -0.4 is 9.62 Å². The number of nitrogens with one attached hydrogen (secondary N) is 1. The van der Waals surface area contributed by atoms with Crippen molar-refractivity contribution >= 4 is 39.3 Å². The molecule has 9 heteroatoms. The molecule has 1 N–H and O–H groups in total. The smallest absolute Gasteiger partial charge is 0.322 e. The number of fused-ring (bicyclic) bond motifs is 1. The Morgan fingerprint density at radius 1 is 1.20 bits per heavy atom. The van der Waals surface area contributed by atoms with Crippen molar-refractivity contribution in [1.29, 1.82) is 0 Å². The van der Waals surface area contributed by atoms with Gasteiger partial charge in [0.25, 0.3) is 5.91 Å². The summed E-state index contributed by atoms with van der Waals surface area (Å²) in [4.78, 5) is 12.3. The molecular formula is C16H13ClF2N2O3S. The van der Waals surface area contributed by atoms with Crippen LogP contribution in [-0.2, 0) is 16.8 Å². The van der Waals surface area contributed by atoms with Crippen LogP contribution in [0.2, 0.25) is 5.02 Å².